The van der Waals surface area contributed by atoms with Gasteiger partial charge in [0.2, 0.25) is 0 Å². The Morgan fingerprint density at radius 3 is 0.902 bits per heavy atom. The van der Waals surface area contributed by atoms with Gasteiger partial charge < -0.3 is 4.42 Å². The lowest BCUT2D eigenvalue weighted by molar-refractivity contribution is 0.669. The maximum atomic E-state index is 6.29. The normalized spacial score (nSPS) is 11.3. The molecule has 0 amide bonds. The van der Waals surface area contributed by atoms with E-state index in [0.29, 0.717) is 17.5 Å². The van der Waals surface area contributed by atoms with Crippen LogP contribution < -0.4 is 0 Å². The smallest absolute Gasteiger partial charge is 0.164 e. The van der Waals surface area contributed by atoms with Gasteiger partial charge in [0.25, 0.3) is 0 Å². The summed E-state index contributed by atoms with van der Waals surface area (Å²) < 4.78 is 6.29. The van der Waals surface area contributed by atoms with E-state index in [1.807, 2.05) is 36.4 Å². The van der Waals surface area contributed by atoms with E-state index in [0.717, 1.165) is 72.0 Å². The molecule has 0 aliphatic rings. The number of hydrogen-bond acceptors (Lipinski definition) is 4. The monoisotopic (exact) mass is 779 g/mol. The Balaban J connectivity index is 0.961. The van der Waals surface area contributed by atoms with E-state index in [1.54, 1.807) is 0 Å². The minimum atomic E-state index is 0.610. The highest BCUT2D eigenvalue weighted by Gasteiger charge is 2.16. The van der Waals surface area contributed by atoms with Crippen molar-refractivity contribution in [3.05, 3.63) is 224 Å². The fraction of sp³-hybridized carbons (Fsp3) is 0. The van der Waals surface area contributed by atoms with Gasteiger partial charge in [-0.2, -0.15) is 0 Å². The SMILES string of the molecule is c1ccc(-c2cccc(-c3cccc(-c4cccc(-c5nc(-c6ccccc6)nc(-c6cccc(-c7ccc8oc9ccc(-c%10ccccc%10)cc9c8c7)c6)n5)c4)c3)c2)cc1. The first-order chi connectivity index (χ1) is 30.2. The van der Waals surface area contributed by atoms with E-state index in [2.05, 4.69) is 188 Å². The molecule has 11 rings (SSSR count). The number of fused-ring (bicyclic) bond motifs is 3. The Morgan fingerprint density at radius 2 is 0.492 bits per heavy atom. The van der Waals surface area contributed by atoms with Gasteiger partial charge in [-0.1, -0.05) is 176 Å². The molecular formula is C57H37N3O. The van der Waals surface area contributed by atoms with Crippen LogP contribution in [0, 0.1) is 0 Å². The Labute approximate surface area is 354 Å². The van der Waals surface area contributed by atoms with Crippen molar-refractivity contribution in [3.63, 3.8) is 0 Å². The molecule has 0 aliphatic heterocycles. The van der Waals surface area contributed by atoms with Gasteiger partial charge in [0, 0.05) is 27.5 Å². The summed E-state index contributed by atoms with van der Waals surface area (Å²) in [4.78, 5) is 15.3. The molecule has 0 saturated carbocycles. The maximum Gasteiger partial charge on any atom is 0.164 e. The van der Waals surface area contributed by atoms with Crippen molar-refractivity contribution < 1.29 is 4.42 Å². The minimum absolute atomic E-state index is 0.610. The van der Waals surface area contributed by atoms with Crippen molar-refractivity contribution in [2.75, 3.05) is 0 Å². The van der Waals surface area contributed by atoms with Gasteiger partial charge in [-0.3, -0.25) is 0 Å². The van der Waals surface area contributed by atoms with Gasteiger partial charge in [0.05, 0.1) is 0 Å². The minimum Gasteiger partial charge on any atom is -0.456 e. The van der Waals surface area contributed by atoms with E-state index >= 15 is 0 Å². The molecule has 4 heteroatoms. The Hall–Kier alpha value is -8.21. The van der Waals surface area contributed by atoms with Crippen LogP contribution in [-0.4, -0.2) is 15.0 Å². The van der Waals surface area contributed by atoms with E-state index in [4.69, 9.17) is 19.4 Å². The molecule has 11 aromatic rings. The summed E-state index contributed by atoms with van der Waals surface area (Å²) in [5.74, 6) is 1.85. The lowest BCUT2D eigenvalue weighted by Crippen LogP contribution is -2.00. The first-order valence-electron chi connectivity index (χ1n) is 20.5. The molecule has 0 radical (unpaired) electrons. The number of aromatic nitrogens is 3. The Bertz CT molecular complexity index is 3360. The fourth-order valence-electron chi connectivity index (χ4n) is 8.18. The first kappa shape index (κ1) is 35.9. The van der Waals surface area contributed by atoms with Crippen molar-refractivity contribution in [1.29, 1.82) is 0 Å². The maximum absolute atomic E-state index is 6.29. The summed E-state index contributed by atoms with van der Waals surface area (Å²) in [7, 11) is 0. The van der Waals surface area contributed by atoms with Gasteiger partial charge in [0.1, 0.15) is 11.2 Å². The van der Waals surface area contributed by atoms with Crippen molar-refractivity contribution in [1.82, 2.24) is 15.0 Å². The summed E-state index contributed by atoms with van der Waals surface area (Å²) >= 11 is 0. The summed E-state index contributed by atoms with van der Waals surface area (Å²) in [5, 5.41) is 2.17. The molecule has 0 N–H and O–H groups in total. The molecule has 286 valence electrons. The third-order valence-corrected chi connectivity index (χ3v) is 11.3. The fourth-order valence-corrected chi connectivity index (χ4v) is 8.18. The molecule has 0 bridgehead atoms. The Kier molecular flexibility index (Phi) is 9.14. The first-order valence-corrected chi connectivity index (χ1v) is 20.5. The number of furan rings is 1. The van der Waals surface area contributed by atoms with Crippen LogP contribution in [-0.2, 0) is 0 Å². The molecular weight excluding hydrogens is 743 g/mol. The summed E-state index contributed by atoms with van der Waals surface area (Å²) in [6.45, 7) is 0. The number of hydrogen-bond donors (Lipinski definition) is 0. The van der Waals surface area contributed by atoms with Gasteiger partial charge in [-0.05, 0) is 104 Å². The zero-order valence-corrected chi connectivity index (χ0v) is 33.1. The van der Waals surface area contributed by atoms with Gasteiger partial charge in [-0.25, -0.2) is 15.0 Å². The molecule has 0 unspecified atom stereocenters. The molecule has 0 aliphatic carbocycles. The topological polar surface area (TPSA) is 51.8 Å². The van der Waals surface area contributed by atoms with Crippen LogP contribution in [0.2, 0.25) is 0 Å². The molecule has 4 nitrogen and oxygen atoms in total. The van der Waals surface area contributed by atoms with Crippen LogP contribution in [0.25, 0.3) is 112 Å². The van der Waals surface area contributed by atoms with Crippen molar-refractivity contribution in [2.24, 2.45) is 0 Å². The summed E-state index contributed by atoms with van der Waals surface area (Å²) in [6.07, 6.45) is 0. The van der Waals surface area contributed by atoms with E-state index in [9.17, 15) is 0 Å². The number of rotatable bonds is 8. The Morgan fingerprint density at radius 1 is 0.213 bits per heavy atom. The van der Waals surface area contributed by atoms with Crippen LogP contribution >= 0.6 is 0 Å². The highest BCUT2D eigenvalue weighted by molar-refractivity contribution is 6.07. The van der Waals surface area contributed by atoms with Gasteiger partial charge in [0.15, 0.2) is 17.5 Å². The van der Waals surface area contributed by atoms with Crippen molar-refractivity contribution >= 4 is 21.9 Å². The molecule has 0 fully saturated rings. The predicted octanol–water partition coefficient (Wildman–Crippen LogP) is 15.1. The van der Waals surface area contributed by atoms with Crippen LogP contribution in [0.5, 0.6) is 0 Å². The van der Waals surface area contributed by atoms with Crippen LogP contribution in [0.1, 0.15) is 0 Å². The standard InChI is InChI=1S/C57H37N3O/c1-4-14-38(15-5-1)41-20-10-21-42(32-41)43-22-11-23-44(33-43)45-24-12-26-49(34-45)56-58-55(40-18-8-3-9-19-40)59-57(60-56)50-27-13-25-46(35-50)48-29-31-54-52(37-48)51-36-47(28-30-53(51)61-54)39-16-6-2-7-17-39/h1-37H. The third kappa shape index (κ3) is 7.17. The van der Waals surface area contributed by atoms with Crippen LogP contribution in [0.3, 0.4) is 0 Å². The average molecular weight is 780 g/mol. The highest BCUT2D eigenvalue weighted by atomic mass is 16.3. The summed E-state index contributed by atoms with van der Waals surface area (Å²) in [5.41, 5.74) is 15.9. The average Bonchev–Trinajstić information content (AvgIpc) is 3.72. The van der Waals surface area contributed by atoms with Crippen LogP contribution in [0.15, 0.2) is 229 Å². The van der Waals surface area contributed by atoms with Gasteiger partial charge in [-0.15, -0.1) is 0 Å². The molecule has 61 heavy (non-hydrogen) atoms. The zero-order chi connectivity index (χ0) is 40.5. The van der Waals surface area contributed by atoms with E-state index < -0.39 is 0 Å². The highest BCUT2D eigenvalue weighted by Crippen LogP contribution is 2.37. The zero-order valence-electron chi connectivity index (χ0n) is 33.1. The third-order valence-electron chi connectivity index (χ3n) is 11.3. The number of nitrogens with zero attached hydrogens (tertiary/aromatic N) is 3. The second kappa shape index (κ2) is 15.5. The van der Waals surface area contributed by atoms with E-state index in [-0.39, 0.29) is 0 Å². The van der Waals surface area contributed by atoms with Gasteiger partial charge >= 0.3 is 0 Å². The van der Waals surface area contributed by atoms with Crippen molar-refractivity contribution in [2.45, 2.75) is 0 Å². The molecule has 0 spiro atoms. The number of benzene rings is 9. The molecule has 2 heterocycles. The second-order valence-electron chi connectivity index (χ2n) is 15.3. The molecule has 0 atom stereocenters. The summed E-state index contributed by atoms with van der Waals surface area (Å²) in [6, 6.07) is 78.3. The predicted molar refractivity (Wildman–Crippen MR) is 251 cm³/mol. The molecule has 2 aromatic heterocycles. The van der Waals surface area contributed by atoms with Crippen molar-refractivity contribution in [3.8, 4) is 89.8 Å². The lowest BCUT2D eigenvalue weighted by Gasteiger charge is -2.11. The second-order valence-corrected chi connectivity index (χ2v) is 15.3. The lowest BCUT2D eigenvalue weighted by atomic mass is 9.95. The quantitative estimate of drug-likeness (QED) is 0.154. The van der Waals surface area contributed by atoms with Crippen LogP contribution in [0.4, 0.5) is 0 Å². The molecule has 9 aromatic carbocycles. The van der Waals surface area contributed by atoms with E-state index in [1.165, 1.54) is 22.3 Å². The molecule has 0 saturated heterocycles. The largest absolute Gasteiger partial charge is 0.456 e.